The van der Waals surface area contributed by atoms with Crippen molar-refractivity contribution < 1.29 is 34.0 Å². The predicted molar refractivity (Wildman–Crippen MR) is 200 cm³/mol. The minimum absolute atomic E-state index is 0.0210. The molecule has 5 unspecified atom stereocenters. The number of carbonyl (C=O) groups is 1. The van der Waals surface area contributed by atoms with Crippen molar-refractivity contribution in [1.29, 1.82) is 0 Å². The summed E-state index contributed by atoms with van der Waals surface area (Å²) in [5.41, 5.74) is 16.0. The van der Waals surface area contributed by atoms with Crippen molar-refractivity contribution in [3.63, 3.8) is 0 Å². The Morgan fingerprint density at radius 2 is 2.02 bits per heavy atom. The lowest BCUT2D eigenvalue weighted by molar-refractivity contribution is -0.165. The summed E-state index contributed by atoms with van der Waals surface area (Å²) in [4.78, 5) is 27.3. The first-order chi connectivity index (χ1) is 25.4. The van der Waals surface area contributed by atoms with Crippen molar-refractivity contribution in [3.05, 3.63) is 122 Å². The van der Waals surface area contributed by atoms with Crippen molar-refractivity contribution in [2.45, 2.75) is 83.3 Å². The van der Waals surface area contributed by atoms with Crippen molar-refractivity contribution >= 4 is 16.9 Å². The van der Waals surface area contributed by atoms with Crippen LogP contribution in [0.1, 0.15) is 68.4 Å². The van der Waals surface area contributed by atoms with Gasteiger partial charge in [-0.3, -0.25) is 4.79 Å². The third-order valence-corrected chi connectivity index (χ3v) is 11.2. The highest BCUT2D eigenvalue weighted by Crippen LogP contribution is 2.55. The first-order valence-corrected chi connectivity index (χ1v) is 18.0. The number of fused-ring (bicyclic) bond motifs is 4. The zero-order valence-corrected chi connectivity index (χ0v) is 30.1. The first kappa shape index (κ1) is 35.9. The normalized spacial score (nSPS) is 25.3. The highest BCUT2D eigenvalue weighted by atomic mass is 16.6. The molecule has 278 valence electrons. The van der Waals surface area contributed by atoms with Crippen LogP contribution in [0.3, 0.4) is 0 Å². The number of nitrogens with two attached hydrogens (primary N) is 2. The van der Waals surface area contributed by atoms with Crippen LogP contribution in [0.25, 0.3) is 11.0 Å². The average molecular weight is 723 g/mol. The number of phenols is 2. The number of rotatable bonds is 7. The van der Waals surface area contributed by atoms with Crippen LogP contribution in [-0.2, 0) is 29.0 Å². The van der Waals surface area contributed by atoms with Crippen LogP contribution < -0.4 is 32.3 Å². The summed E-state index contributed by atoms with van der Waals surface area (Å²) >= 11 is 0. The van der Waals surface area contributed by atoms with Gasteiger partial charge in [0.05, 0.1) is 12.0 Å². The molecule has 0 saturated heterocycles. The first-order valence-electron chi connectivity index (χ1n) is 18.0. The Morgan fingerprint density at radius 3 is 2.74 bits per heavy atom. The van der Waals surface area contributed by atoms with Crippen LogP contribution in [-0.4, -0.2) is 45.7 Å². The number of aliphatic hydroxyl groups is 1. The molecule has 0 radical (unpaired) electrons. The van der Waals surface area contributed by atoms with E-state index in [1.807, 2.05) is 31.3 Å². The van der Waals surface area contributed by atoms with Gasteiger partial charge in [-0.2, -0.15) is 0 Å². The molecule has 0 saturated carbocycles. The molecule has 5 heterocycles. The van der Waals surface area contributed by atoms with Crippen molar-refractivity contribution in [2.75, 3.05) is 6.54 Å². The van der Waals surface area contributed by atoms with Gasteiger partial charge in [0.1, 0.15) is 52.3 Å². The number of phenolic OH excluding ortho intramolecular Hbond substituents is 2. The SMILES string of the molecule is CC=C(C)C(=O)OC1Cc2c3c(c4oc(CO)cc(=O)c4c2O)C(Cc2cccc(O)c2)C2=CCNC(N)=C2CCC(CC2=CNC(N)C=C2)C1(C)O3. The van der Waals surface area contributed by atoms with E-state index < -0.39 is 35.6 Å². The second kappa shape index (κ2) is 14.2. The Balaban J connectivity index is 1.54. The van der Waals surface area contributed by atoms with Gasteiger partial charge in [-0.1, -0.05) is 30.4 Å². The van der Waals surface area contributed by atoms with Crippen LogP contribution in [0.4, 0.5) is 0 Å². The Kier molecular flexibility index (Phi) is 9.60. The number of nitrogens with one attached hydrogen (secondary N) is 2. The smallest absolute Gasteiger partial charge is 0.333 e. The van der Waals surface area contributed by atoms with Crippen LogP contribution >= 0.6 is 0 Å². The molecule has 1 aromatic heterocycles. The Bertz CT molecular complexity index is 2200. The molecule has 7 rings (SSSR count). The fourth-order valence-corrected chi connectivity index (χ4v) is 8.13. The number of benzene rings is 2. The summed E-state index contributed by atoms with van der Waals surface area (Å²) in [5, 5.41) is 39.1. The summed E-state index contributed by atoms with van der Waals surface area (Å²) in [7, 11) is 0. The number of dihydropyridines is 2. The van der Waals surface area contributed by atoms with Crippen LogP contribution in [0.15, 0.2) is 98.2 Å². The molecule has 12 nitrogen and oxygen atoms in total. The number of hydrogen-bond acceptors (Lipinski definition) is 12. The molecular weight excluding hydrogens is 676 g/mol. The molecule has 4 aliphatic rings. The van der Waals surface area contributed by atoms with Crippen LogP contribution in [0.2, 0.25) is 0 Å². The number of ether oxygens (including phenoxy) is 2. The summed E-state index contributed by atoms with van der Waals surface area (Å²) in [6.45, 7) is 5.26. The van der Waals surface area contributed by atoms with Gasteiger partial charge in [0.2, 0.25) is 0 Å². The molecule has 9 N–H and O–H groups in total. The van der Waals surface area contributed by atoms with E-state index in [2.05, 4.69) is 16.7 Å². The quantitative estimate of drug-likeness (QED) is 0.134. The molecule has 5 atom stereocenters. The topological polar surface area (TPSA) is 203 Å². The lowest BCUT2D eigenvalue weighted by atomic mass is 9.70. The van der Waals surface area contributed by atoms with Gasteiger partial charge in [-0.25, -0.2) is 4.79 Å². The van der Waals surface area contributed by atoms with Gasteiger partial charge in [-0.15, -0.1) is 0 Å². The van der Waals surface area contributed by atoms with Gasteiger partial charge < -0.3 is 51.3 Å². The number of aliphatic hydroxyl groups excluding tert-OH is 1. The summed E-state index contributed by atoms with van der Waals surface area (Å²) in [6.07, 6.45) is 10.3. The van der Waals surface area contributed by atoms with E-state index in [1.54, 1.807) is 38.1 Å². The van der Waals surface area contributed by atoms with Crippen molar-refractivity contribution in [1.82, 2.24) is 10.6 Å². The van der Waals surface area contributed by atoms with Crippen LogP contribution in [0, 0.1) is 5.92 Å². The van der Waals surface area contributed by atoms with Gasteiger partial charge in [0.25, 0.3) is 0 Å². The molecule has 2 bridgehead atoms. The minimum atomic E-state index is -1.18. The number of hydrogen-bond donors (Lipinski definition) is 7. The highest BCUT2D eigenvalue weighted by molar-refractivity contribution is 5.92. The number of esters is 1. The third-order valence-electron chi connectivity index (χ3n) is 11.2. The summed E-state index contributed by atoms with van der Waals surface area (Å²) in [6, 6.07) is 8.12. The zero-order chi connectivity index (χ0) is 37.6. The number of allylic oxidation sites excluding steroid dienone is 5. The lowest BCUT2D eigenvalue weighted by Crippen LogP contribution is -2.56. The maximum atomic E-state index is 13.8. The average Bonchev–Trinajstić information content (AvgIpc) is 3.13. The molecule has 0 spiro atoms. The zero-order valence-electron chi connectivity index (χ0n) is 30.1. The van der Waals surface area contributed by atoms with Crippen molar-refractivity contribution in [2.24, 2.45) is 17.4 Å². The lowest BCUT2D eigenvalue weighted by Gasteiger charge is -2.48. The Morgan fingerprint density at radius 1 is 1.21 bits per heavy atom. The van der Waals surface area contributed by atoms with Crippen LogP contribution in [0.5, 0.6) is 17.2 Å². The van der Waals surface area contributed by atoms with E-state index in [0.717, 1.165) is 22.3 Å². The Hall–Kier alpha value is -5.46. The molecule has 0 fully saturated rings. The molecule has 4 aliphatic heterocycles. The molecule has 12 heteroatoms. The molecule has 0 aliphatic carbocycles. The van der Waals surface area contributed by atoms with E-state index in [-0.39, 0.29) is 46.7 Å². The van der Waals surface area contributed by atoms with E-state index in [0.29, 0.717) is 60.5 Å². The third kappa shape index (κ3) is 6.57. The van der Waals surface area contributed by atoms with Gasteiger partial charge >= 0.3 is 5.97 Å². The molecule has 3 aromatic rings. The minimum Gasteiger partial charge on any atom is -0.508 e. The maximum absolute atomic E-state index is 13.8. The van der Waals surface area contributed by atoms with Gasteiger partial charge in [-0.05, 0) is 86.9 Å². The fourth-order valence-electron chi connectivity index (χ4n) is 8.13. The number of carbonyl (C=O) groups excluding carboxylic acids is 1. The fraction of sp³-hybridized carbons (Fsp3) is 0.366. The van der Waals surface area contributed by atoms with E-state index in [9.17, 15) is 24.9 Å². The monoisotopic (exact) mass is 722 g/mol. The Labute approximate surface area is 307 Å². The van der Waals surface area contributed by atoms with Crippen molar-refractivity contribution in [3.8, 4) is 17.2 Å². The van der Waals surface area contributed by atoms with E-state index in [4.69, 9.17) is 25.4 Å². The standard InChI is InChI=1S/C41H46N4O8/c1-4-21(2)40(50)52-32-18-30-36(49)35-31(48)17-26(20-46)51-38(35)34-29(16-22-6-5-7-25(47)15-22)27-12-13-44-39(43)28(27)10-9-24(41(32,3)53-37(30)34)14-23-8-11-33(42)45-19-23/h4-8,11-12,15,17,19,24,29,32-33,44-47,49H,9-10,13-14,16,18,20,42-43H2,1-3H3. The van der Waals surface area contributed by atoms with E-state index >= 15 is 0 Å². The van der Waals surface area contributed by atoms with Gasteiger partial charge in [0, 0.05) is 53.8 Å². The summed E-state index contributed by atoms with van der Waals surface area (Å²) in [5.74, 6) is -0.743. The van der Waals surface area contributed by atoms with E-state index in [1.165, 1.54) is 6.07 Å². The molecule has 0 amide bonds. The molecule has 2 aromatic carbocycles. The maximum Gasteiger partial charge on any atom is 0.333 e. The second-order valence-corrected chi connectivity index (χ2v) is 14.4. The van der Waals surface area contributed by atoms with Gasteiger partial charge in [0.15, 0.2) is 5.43 Å². The second-order valence-electron chi connectivity index (χ2n) is 14.4. The highest BCUT2D eigenvalue weighted by Gasteiger charge is 2.52. The summed E-state index contributed by atoms with van der Waals surface area (Å²) < 4.78 is 19.9. The largest absolute Gasteiger partial charge is 0.508 e. The molecular formula is C41H46N4O8. The number of aromatic hydroxyl groups is 2. The predicted octanol–water partition coefficient (Wildman–Crippen LogP) is 4.42. The molecule has 53 heavy (non-hydrogen) atoms.